The fourth-order valence-corrected chi connectivity index (χ4v) is 4.19. The zero-order chi connectivity index (χ0) is 21.8. The van der Waals surface area contributed by atoms with Gasteiger partial charge in [-0.25, -0.2) is 8.78 Å². The maximum atomic E-state index is 13.4. The topological polar surface area (TPSA) is 44.3 Å². The van der Waals surface area contributed by atoms with Crippen LogP contribution in [0.4, 0.5) is 8.78 Å². The summed E-state index contributed by atoms with van der Waals surface area (Å²) in [6, 6.07) is 12.2. The molecule has 0 radical (unpaired) electrons. The molecule has 2 aromatic carbocycles. The molecule has 1 aliphatic heterocycles. The first-order valence-corrected chi connectivity index (χ1v) is 10.9. The van der Waals surface area contributed by atoms with Crippen LogP contribution in [0.15, 0.2) is 42.5 Å². The van der Waals surface area contributed by atoms with E-state index in [4.69, 9.17) is 0 Å². The van der Waals surface area contributed by atoms with Gasteiger partial charge in [0.05, 0.1) is 11.6 Å². The van der Waals surface area contributed by atoms with Gasteiger partial charge in [-0.3, -0.25) is 0 Å². The normalized spacial score (nSPS) is 20.9. The number of piperidine rings is 1. The minimum absolute atomic E-state index is 0.0685. The molecule has 2 unspecified atom stereocenters. The summed E-state index contributed by atoms with van der Waals surface area (Å²) in [7, 11) is 0. The lowest BCUT2D eigenvalue weighted by Gasteiger charge is -2.40. The van der Waals surface area contributed by atoms with E-state index in [-0.39, 0.29) is 11.0 Å². The maximum absolute atomic E-state index is 13.4. The SMILES string of the molecule is CC(C)(C)c1cccc(C2(NCC(O)CCc3cc(F)cc(F)c3)CCCNC2)c1. The standard InChI is InChI=1S/C25H34F2N2O/c1-24(2,3)19-6-4-7-20(14-19)25(10-5-11-28-17-25)29-16-23(30)9-8-18-12-21(26)15-22(27)13-18/h4,6-7,12-15,23,28-30H,5,8-11,16-17H2,1-3H3. The third-order valence-electron chi connectivity index (χ3n) is 6.03. The molecule has 0 spiro atoms. The van der Waals surface area contributed by atoms with E-state index in [2.05, 4.69) is 55.7 Å². The van der Waals surface area contributed by atoms with Crippen molar-refractivity contribution in [2.75, 3.05) is 19.6 Å². The molecule has 0 amide bonds. The Hall–Kier alpha value is -1.82. The molecule has 0 aliphatic carbocycles. The number of hydrogen-bond acceptors (Lipinski definition) is 3. The van der Waals surface area contributed by atoms with E-state index in [0.29, 0.717) is 24.9 Å². The summed E-state index contributed by atoms with van der Waals surface area (Å²) in [6.07, 6.45) is 2.34. The summed E-state index contributed by atoms with van der Waals surface area (Å²) < 4.78 is 26.8. The van der Waals surface area contributed by atoms with Gasteiger partial charge in [-0.05, 0) is 66.5 Å². The van der Waals surface area contributed by atoms with Crippen molar-refractivity contribution in [1.82, 2.24) is 10.6 Å². The minimum Gasteiger partial charge on any atom is -0.392 e. The molecule has 3 rings (SSSR count). The van der Waals surface area contributed by atoms with Crippen LogP contribution in [0.25, 0.3) is 0 Å². The highest BCUT2D eigenvalue weighted by Crippen LogP contribution is 2.32. The zero-order valence-corrected chi connectivity index (χ0v) is 18.3. The Morgan fingerprint density at radius 1 is 1.13 bits per heavy atom. The second kappa shape index (κ2) is 9.54. The molecular formula is C25H34F2N2O. The fraction of sp³-hybridized carbons (Fsp3) is 0.520. The molecule has 1 aliphatic rings. The van der Waals surface area contributed by atoms with Crippen LogP contribution >= 0.6 is 0 Å². The van der Waals surface area contributed by atoms with Gasteiger partial charge in [-0.2, -0.15) is 0 Å². The lowest BCUT2D eigenvalue weighted by molar-refractivity contribution is 0.136. The predicted octanol–water partition coefficient (Wildman–Crippen LogP) is 4.42. The molecule has 5 heteroatoms. The minimum atomic E-state index is -0.596. The first-order chi connectivity index (χ1) is 14.2. The van der Waals surface area contributed by atoms with E-state index in [0.717, 1.165) is 32.0 Å². The smallest absolute Gasteiger partial charge is 0.126 e. The Bertz CT molecular complexity index is 821. The number of aryl methyl sites for hydroxylation is 1. The number of nitrogens with one attached hydrogen (secondary N) is 2. The number of benzene rings is 2. The quantitative estimate of drug-likeness (QED) is 0.626. The molecule has 30 heavy (non-hydrogen) atoms. The molecule has 164 valence electrons. The van der Waals surface area contributed by atoms with Gasteiger partial charge in [-0.1, -0.05) is 45.0 Å². The number of halogens is 2. The molecule has 2 atom stereocenters. The number of aliphatic hydroxyl groups excluding tert-OH is 1. The van der Waals surface area contributed by atoms with Crippen molar-refractivity contribution in [1.29, 1.82) is 0 Å². The molecule has 1 fully saturated rings. The van der Waals surface area contributed by atoms with E-state index in [9.17, 15) is 13.9 Å². The van der Waals surface area contributed by atoms with E-state index in [1.807, 2.05) is 0 Å². The third-order valence-corrected chi connectivity index (χ3v) is 6.03. The summed E-state index contributed by atoms with van der Waals surface area (Å²) in [5.41, 5.74) is 2.94. The lowest BCUT2D eigenvalue weighted by Crippen LogP contribution is -2.55. The van der Waals surface area contributed by atoms with Gasteiger partial charge in [0.2, 0.25) is 0 Å². The van der Waals surface area contributed by atoms with Gasteiger partial charge in [0.25, 0.3) is 0 Å². The predicted molar refractivity (Wildman–Crippen MR) is 118 cm³/mol. The fourth-order valence-electron chi connectivity index (χ4n) is 4.19. The van der Waals surface area contributed by atoms with Crippen LogP contribution in [0.2, 0.25) is 0 Å². The van der Waals surface area contributed by atoms with Crippen molar-refractivity contribution in [3.8, 4) is 0 Å². The first-order valence-electron chi connectivity index (χ1n) is 10.9. The molecule has 3 nitrogen and oxygen atoms in total. The average molecular weight is 417 g/mol. The highest BCUT2D eigenvalue weighted by Gasteiger charge is 2.34. The van der Waals surface area contributed by atoms with Gasteiger partial charge >= 0.3 is 0 Å². The molecular weight excluding hydrogens is 382 g/mol. The summed E-state index contributed by atoms with van der Waals surface area (Å²) in [6.45, 7) is 8.87. The van der Waals surface area contributed by atoms with Gasteiger partial charge in [0.15, 0.2) is 0 Å². The van der Waals surface area contributed by atoms with E-state index >= 15 is 0 Å². The summed E-state index contributed by atoms with van der Waals surface area (Å²) in [5, 5.41) is 17.7. The molecule has 1 heterocycles. The van der Waals surface area contributed by atoms with Crippen molar-refractivity contribution in [3.05, 3.63) is 70.8 Å². The average Bonchev–Trinajstić information content (AvgIpc) is 2.70. The van der Waals surface area contributed by atoms with Crippen molar-refractivity contribution in [3.63, 3.8) is 0 Å². The van der Waals surface area contributed by atoms with Crippen LogP contribution in [0.3, 0.4) is 0 Å². The number of rotatable bonds is 7. The Kier molecular flexibility index (Phi) is 7.27. The van der Waals surface area contributed by atoms with E-state index in [1.54, 1.807) is 0 Å². The number of aliphatic hydroxyl groups is 1. The van der Waals surface area contributed by atoms with Crippen molar-refractivity contribution in [2.45, 2.75) is 63.5 Å². The third kappa shape index (κ3) is 5.87. The molecule has 0 saturated carbocycles. The Morgan fingerprint density at radius 3 is 2.50 bits per heavy atom. The van der Waals surface area contributed by atoms with Gasteiger partial charge < -0.3 is 15.7 Å². The Labute approximate surface area is 178 Å². The number of hydrogen-bond donors (Lipinski definition) is 3. The second-order valence-electron chi connectivity index (χ2n) is 9.54. The van der Waals surface area contributed by atoms with Gasteiger partial charge in [0, 0.05) is 19.2 Å². The molecule has 0 aromatic heterocycles. The lowest BCUT2D eigenvalue weighted by atomic mass is 9.79. The summed E-state index contributed by atoms with van der Waals surface area (Å²) in [5.74, 6) is -1.16. The van der Waals surface area contributed by atoms with Crippen LogP contribution in [-0.2, 0) is 17.4 Å². The van der Waals surface area contributed by atoms with Crippen LogP contribution in [0, 0.1) is 11.6 Å². The molecule has 3 N–H and O–H groups in total. The molecule has 0 bridgehead atoms. The van der Waals surface area contributed by atoms with Crippen LogP contribution in [-0.4, -0.2) is 30.8 Å². The monoisotopic (exact) mass is 416 g/mol. The molecule has 2 aromatic rings. The van der Waals surface area contributed by atoms with Crippen LogP contribution in [0.1, 0.15) is 56.7 Å². The van der Waals surface area contributed by atoms with Crippen LogP contribution in [0.5, 0.6) is 0 Å². The van der Waals surface area contributed by atoms with Crippen molar-refractivity contribution >= 4 is 0 Å². The van der Waals surface area contributed by atoms with Gasteiger partial charge in [-0.15, -0.1) is 0 Å². The van der Waals surface area contributed by atoms with Crippen molar-refractivity contribution in [2.24, 2.45) is 0 Å². The van der Waals surface area contributed by atoms with Crippen molar-refractivity contribution < 1.29 is 13.9 Å². The van der Waals surface area contributed by atoms with E-state index < -0.39 is 17.7 Å². The summed E-state index contributed by atoms with van der Waals surface area (Å²) >= 11 is 0. The Morgan fingerprint density at radius 2 is 1.87 bits per heavy atom. The zero-order valence-electron chi connectivity index (χ0n) is 18.3. The first kappa shape index (κ1) is 22.9. The Balaban J connectivity index is 1.68. The molecule has 1 saturated heterocycles. The largest absolute Gasteiger partial charge is 0.392 e. The highest BCUT2D eigenvalue weighted by molar-refractivity contribution is 5.34. The van der Waals surface area contributed by atoms with E-state index in [1.165, 1.54) is 23.3 Å². The second-order valence-corrected chi connectivity index (χ2v) is 9.54. The summed E-state index contributed by atoms with van der Waals surface area (Å²) in [4.78, 5) is 0. The maximum Gasteiger partial charge on any atom is 0.126 e. The van der Waals surface area contributed by atoms with Gasteiger partial charge in [0.1, 0.15) is 11.6 Å². The highest BCUT2D eigenvalue weighted by atomic mass is 19.1. The van der Waals surface area contributed by atoms with Crippen LogP contribution < -0.4 is 10.6 Å².